The number of carbonyl (C=O) groups is 1. The van der Waals surface area contributed by atoms with Crippen LogP contribution in [0.15, 0.2) is 24.3 Å². The van der Waals surface area contributed by atoms with Crippen LogP contribution < -0.4 is 0 Å². The van der Waals surface area contributed by atoms with Crippen molar-refractivity contribution in [2.75, 3.05) is 32.8 Å². The first kappa shape index (κ1) is 17.8. The van der Waals surface area contributed by atoms with Gasteiger partial charge in [0, 0.05) is 37.3 Å². The van der Waals surface area contributed by atoms with Crippen molar-refractivity contribution in [2.45, 2.75) is 56.6 Å². The average Bonchev–Trinajstić information content (AvgIpc) is 3.23. The minimum atomic E-state index is 0.0886. The van der Waals surface area contributed by atoms with E-state index in [4.69, 9.17) is 4.74 Å². The molecule has 0 saturated carbocycles. The third-order valence-electron chi connectivity index (χ3n) is 6.51. The third-order valence-corrected chi connectivity index (χ3v) is 6.51. The Morgan fingerprint density at radius 3 is 2.58 bits per heavy atom. The predicted octanol–water partition coefficient (Wildman–Crippen LogP) is 3.03. The van der Waals surface area contributed by atoms with Gasteiger partial charge >= 0.3 is 0 Å². The number of likely N-dealkylation sites (tertiary alicyclic amines) is 2. The molecule has 1 aromatic carbocycles. The first-order chi connectivity index (χ1) is 12.7. The van der Waals surface area contributed by atoms with E-state index in [1.165, 1.54) is 38.6 Å². The maximum absolute atomic E-state index is 12.8. The van der Waals surface area contributed by atoms with Crippen molar-refractivity contribution in [1.82, 2.24) is 9.80 Å². The summed E-state index contributed by atoms with van der Waals surface area (Å²) in [6, 6.07) is 6.62. The quantitative estimate of drug-likeness (QED) is 0.902. The molecule has 26 heavy (non-hydrogen) atoms. The van der Waals surface area contributed by atoms with Crippen molar-refractivity contribution in [1.29, 1.82) is 0 Å². The minimum absolute atomic E-state index is 0.0886. The Kier molecular flexibility index (Phi) is 5.18. The summed E-state index contributed by atoms with van der Waals surface area (Å²) >= 11 is 0. The standard InChI is InChI=1S/C21H30N2O3/c24-18-7-5-17(6-8-18)20(25)22-12-2-9-21(11-14-22)10-3-13-23(21)16-19-4-1-15-26-19/h5-8,19,24H,1-4,9-16H2. The van der Waals surface area contributed by atoms with Crippen LogP contribution in [-0.2, 0) is 4.74 Å². The largest absolute Gasteiger partial charge is 0.508 e. The molecule has 1 amide bonds. The van der Waals surface area contributed by atoms with E-state index in [0.717, 1.165) is 39.1 Å². The second-order valence-corrected chi connectivity index (χ2v) is 8.10. The average molecular weight is 358 g/mol. The maximum Gasteiger partial charge on any atom is 0.253 e. The molecule has 0 bridgehead atoms. The van der Waals surface area contributed by atoms with E-state index >= 15 is 0 Å². The lowest BCUT2D eigenvalue weighted by Gasteiger charge is -2.39. The van der Waals surface area contributed by atoms with E-state index in [-0.39, 0.29) is 17.2 Å². The van der Waals surface area contributed by atoms with Gasteiger partial charge in [-0.25, -0.2) is 0 Å². The van der Waals surface area contributed by atoms with Crippen LogP contribution in [0.25, 0.3) is 0 Å². The lowest BCUT2D eigenvalue weighted by Crippen LogP contribution is -2.47. The van der Waals surface area contributed by atoms with E-state index in [9.17, 15) is 9.90 Å². The molecule has 2 unspecified atom stereocenters. The summed E-state index contributed by atoms with van der Waals surface area (Å²) in [4.78, 5) is 17.5. The zero-order valence-electron chi connectivity index (χ0n) is 15.5. The van der Waals surface area contributed by atoms with Gasteiger partial charge in [0.05, 0.1) is 6.10 Å². The van der Waals surface area contributed by atoms with Gasteiger partial charge in [-0.15, -0.1) is 0 Å². The van der Waals surface area contributed by atoms with Crippen LogP contribution >= 0.6 is 0 Å². The van der Waals surface area contributed by atoms with E-state index in [1.807, 2.05) is 4.90 Å². The summed E-state index contributed by atoms with van der Waals surface area (Å²) in [7, 11) is 0. The molecule has 1 aromatic rings. The van der Waals surface area contributed by atoms with Gasteiger partial charge in [-0.05, 0) is 75.8 Å². The van der Waals surface area contributed by atoms with Gasteiger partial charge in [0.2, 0.25) is 0 Å². The number of nitrogens with zero attached hydrogens (tertiary/aromatic N) is 2. The number of phenolic OH excluding ortho intramolecular Hbond substituents is 1. The zero-order chi connectivity index (χ0) is 18.0. The molecular weight excluding hydrogens is 328 g/mol. The second kappa shape index (κ2) is 7.57. The highest BCUT2D eigenvalue weighted by molar-refractivity contribution is 5.94. The highest BCUT2D eigenvalue weighted by atomic mass is 16.5. The van der Waals surface area contributed by atoms with Gasteiger partial charge in [-0.1, -0.05) is 0 Å². The molecule has 3 heterocycles. The van der Waals surface area contributed by atoms with Crippen molar-refractivity contribution >= 4 is 5.91 Å². The topological polar surface area (TPSA) is 53.0 Å². The normalized spacial score (nSPS) is 30.0. The molecule has 0 aromatic heterocycles. The van der Waals surface area contributed by atoms with Gasteiger partial charge in [0.1, 0.15) is 5.75 Å². The van der Waals surface area contributed by atoms with E-state index in [0.29, 0.717) is 11.7 Å². The smallest absolute Gasteiger partial charge is 0.253 e. The zero-order valence-corrected chi connectivity index (χ0v) is 15.5. The van der Waals surface area contributed by atoms with Gasteiger partial charge < -0.3 is 14.7 Å². The van der Waals surface area contributed by atoms with Crippen molar-refractivity contribution < 1.29 is 14.6 Å². The first-order valence-electron chi connectivity index (χ1n) is 10.1. The predicted molar refractivity (Wildman–Crippen MR) is 100 cm³/mol. The Labute approximate surface area is 155 Å². The maximum atomic E-state index is 12.8. The van der Waals surface area contributed by atoms with Gasteiger partial charge in [-0.2, -0.15) is 0 Å². The number of amides is 1. The minimum Gasteiger partial charge on any atom is -0.508 e. The molecule has 3 fully saturated rings. The molecule has 4 rings (SSSR count). The number of rotatable bonds is 3. The summed E-state index contributed by atoms with van der Waals surface area (Å²) in [6.07, 6.45) is 8.61. The van der Waals surface area contributed by atoms with Crippen LogP contribution in [-0.4, -0.2) is 65.2 Å². The monoisotopic (exact) mass is 358 g/mol. The molecule has 5 nitrogen and oxygen atoms in total. The fourth-order valence-electron chi connectivity index (χ4n) is 5.05. The molecule has 3 aliphatic heterocycles. The summed E-state index contributed by atoms with van der Waals surface area (Å²) < 4.78 is 5.88. The van der Waals surface area contributed by atoms with Crippen LogP contribution in [0.4, 0.5) is 0 Å². The molecule has 0 radical (unpaired) electrons. The van der Waals surface area contributed by atoms with Crippen molar-refractivity contribution in [3.05, 3.63) is 29.8 Å². The van der Waals surface area contributed by atoms with Crippen molar-refractivity contribution in [3.8, 4) is 5.75 Å². The number of ether oxygens (including phenoxy) is 1. The third kappa shape index (κ3) is 3.60. The number of aromatic hydroxyl groups is 1. The Morgan fingerprint density at radius 2 is 1.85 bits per heavy atom. The highest BCUT2D eigenvalue weighted by Gasteiger charge is 2.43. The Bertz CT molecular complexity index is 627. The van der Waals surface area contributed by atoms with Gasteiger partial charge in [-0.3, -0.25) is 9.69 Å². The molecule has 142 valence electrons. The Morgan fingerprint density at radius 1 is 1.08 bits per heavy atom. The second-order valence-electron chi connectivity index (χ2n) is 8.10. The number of hydrogen-bond acceptors (Lipinski definition) is 4. The molecule has 1 spiro atoms. The SMILES string of the molecule is O=C(c1ccc(O)cc1)N1CCCC2(CCCN2CC2CCCO2)CC1. The lowest BCUT2D eigenvalue weighted by molar-refractivity contribution is 0.0339. The number of carbonyl (C=O) groups excluding carboxylic acids is 1. The van der Waals surface area contributed by atoms with Crippen molar-refractivity contribution in [2.24, 2.45) is 0 Å². The summed E-state index contributed by atoms with van der Waals surface area (Å²) in [5.74, 6) is 0.290. The highest BCUT2D eigenvalue weighted by Crippen LogP contribution is 2.39. The summed E-state index contributed by atoms with van der Waals surface area (Å²) in [5, 5.41) is 9.44. The van der Waals surface area contributed by atoms with Crippen molar-refractivity contribution in [3.63, 3.8) is 0 Å². The van der Waals surface area contributed by atoms with E-state index in [2.05, 4.69) is 4.90 Å². The number of benzene rings is 1. The molecule has 3 aliphatic rings. The lowest BCUT2D eigenvalue weighted by atomic mass is 9.87. The summed E-state index contributed by atoms with van der Waals surface area (Å²) in [6.45, 7) is 4.80. The van der Waals surface area contributed by atoms with E-state index < -0.39 is 0 Å². The van der Waals surface area contributed by atoms with Crippen LogP contribution in [0.5, 0.6) is 5.75 Å². The van der Waals surface area contributed by atoms with Crippen LogP contribution in [0.3, 0.4) is 0 Å². The number of phenols is 1. The van der Waals surface area contributed by atoms with Gasteiger partial charge in [0.25, 0.3) is 5.91 Å². The van der Waals surface area contributed by atoms with Gasteiger partial charge in [0.15, 0.2) is 0 Å². The molecule has 2 atom stereocenters. The molecule has 0 aliphatic carbocycles. The summed E-state index contributed by atoms with van der Waals surface area (Å²) in [5.41, 5.74) is 0.928. The fraction of sp³-hybridized carbons (Fsp3) is 0.667. The molecule has 3 saturated heterocycles. The van der Waals surface area contributed by atoms with Crippen LogP contribution in [0.2, 0.25) is 0 Å². The number of hydrogen-bond donors (Lipinski definition) is 1. The Balaban J connectivity index is 1.41. The molecular formula is C21H30N2O3. The van der Waals surface area contributed by atoms with Crippen LogP contribution in [0.1, 0.15) is 55.3 Å². The van der Waals surface area contributed by atoms with Crippen LogP contribution in [0, 0.1) is 0 Å². The first-order valence-corrected chi connectivity index (χ1v) is 10.1. The molecule has 1 N–H and O–H groups in total. The van der Waals surface area contributed by atoms with E-state index in [1.54, 1.807) is 24.3 Å². The fourth-order valence-corrected chi connectivity index (χ4v) is 5.05. The Hall–Kier alpha value is -1.59. The molecule has 5 heteroatoms.